The van der Waals surface area contributed by atoms with Gasteiger partial charge in [0.2, 0.25) is 0 Å². The van der Waals surface area contributed by atoms with Gasteiger partial charge >= 0.3 is 12.0 Å². The van der Waals surface area contributed by atoms with E-state index in [9.17, 15) is 9.59 Å². The van der Waals surface area contributed by atoms with E-state index in [0.29, 0.717) is 24.4 Å². The molecule has 1 aromatic carbocycles. The molecule has 0 radical (unpaired) electrons. The van der Waals surface area contributed by atoms with Crippen molar-refractivity contribution in [3.63, 3.8) is 0 Å². The van der Waals surface area contributed by atoms with E-state index < -0.39 is 12.0 Å². The Morgan fingerprint density at radius 1 is 1.30 bits per heavy atom. The highest BCUT2D eigenvalue weighted by molar-refractivity contribution is 5.95. The lowest BCUT2D eigenvalue weighted by molar-refractivity contribution is -0.139. The van der Waals surface area contributed by atoms with Gasteiger partial charge in [0.05, 0.1) is 31.4 Å². The molecule has 2 rings (SSSR count). The topological polar surface area (TPSA) is 67.9 Å². The third-order valence-electron chi connectivity index (χ3n) is 3.74. The van der Waals surface area contributed by atoms with Crippen molar-refractivity contribution in [3.8, 4) is 0 Å². The van der Waals surface area contributed by atoms with Crippen LogP contribution in [0.3, 0.4) is 0 Å². The summed E-state index contributed by atoms with van der Waals surface area (Å²) in [6.45, 7) is 4.56. The molecule has 1 aromatic rings. The van der Waals surface area contributed by atoms with Gasteiger partial charge < -0.3 is 14.8 Å². The fourth-order valence-electron chi connectivity index (χ4n) is 2.60. The third kappa shape index (κ3) is 3.71. The molecule has 1 N–H and O–H groups in total. The van der Waals surface area contributed by atoms with E-state index in [0.717, 1.165) is 5.56 Å². The molecule has 2 amide bonds. The predicted molar refractivity (Wildman–Crippen MR) is 85.6 cm³/mol. The number of allylic oxidation sites excluding steroid dienone is 1. The molecule has 1 heterocycles. The number of ether oxygens (including phenoxy) is 2. The number of methoxy groups -OCH3 is 1. The number of carbonyl (C=O) groups excluding carboxylic acids is 2. The predicted octanol–water partition coefficient (Wildman–Crippen LogP) is 2.24. The Bertz CT molecular complexity index is 598. The zero-order valence-corrected chi connectivity index (χ0v) is 13.7. The fraction of sp³-hybridized carbons (Fsp3) is 0.412. The van der Waals surface area contributed by atoms with Gasteiger partial charge in [-0.05, 0) is 19.4 Å². The molecule has 0 saturated carbocycles. The van der Waals surface area contributed by atoms with Crippen LogP contribution in [-0.2, 0) is 14.3 Å². The molecule has 1 aliphatic heterocycles. The van der Waals surface area contributed by atoms with Crippen molar-refractivity contribution in [1.29, 1.82) is 0 Å². The van der Waals surface area contributed by atoms with Gasteiger partial charge in [-0.25, -0.2) is 9.59 Å². The zero-order valence-electron chi connectivity index (χ0n) is 13.7. The summed E-state index contributed by atoms with van der Waals surface area (Å²) in [6.07, 6.45) is 0. The van der Waals surface area contributed by atoms with Crippen LogP contribution < -0.4 is 5.32 Å². The van der Waals surface area contributed by atoms with Crippen molar-refractivity contribution in [2.75, 3.05) is 26.9 Å². The molecular weight excluding hydrogens is 296 g/mol. The van der Waals surface area contributed by atoms with Crippen LogP contribution in [0.25, 0.3) is 0 Å². The number of hydrogen-bond donors (Lipinski definition) is 1. The maximum absolute atomic E-state index is 12.4. The van der Waals surface area contributed by atoms with Crippen molar-refractivity contribution in [3.05, 3.63) is 47.2 Å². The molecule has 23 heavy (non-hydrogen) atoms. The van der Waals surface area contributed by atoms with Crippen LogP contribution in [0.1, 0.15) is 25.5 Å². The molecule has 0 aliphatic carbocycles. The quantitative estimate of drug-likeness (QED) is 0.817. The third-order valence-corrected chi connectivity index (χ3v) is 3.74. The smallest absolute Gasteiger partial charge is 0.338 e. The summed E-state index contributed by atoms with van der Waals surface area (Å²) in [5, 5.41) is 2.88. The van der Waals surface area contributed by atoms with E-state index in [1.807, 2.05) is 30.3 Å². The van der Waals surface area contributed by atoms with E-state index in [1.165, 1.54) is 4.90 Å². The Kier molecular flexibility index (Phi) is 5.76. The van der Waals surface area contributed by atoms with Crippen molar-refractivity contribution in [1.82, 2.24) is 10.2 Å². The number of rotatable bonds is 6. The summed E-state index contributed by atoms with van der Waals surface area (Å²) in [4.78, 5) is 26.3. The number of benzene rings is 1. The SMILES string of the molecule is CCOC(=O)C1=C(C)N(CCOC)C(=O)N[C@@H]1c1ccccc1. The van der Waals surface area contributed by atoms with Crippen LogP contribution in [0.2, 0.25) is 0 Å². The average Bonchev–Trinajstić information content (AvgIpc) is 2.55. The number of carbonyl (C=O) groups is 2. The van der Waals surface area contributed by atoms with Gasteiger partial charge in [-0.15, -0.1) is 0 Å². The van der Waals surface area contributed by atoms with E-state index in [1.54, 1.807) is 21.0 Å². The molecule has 1 atom stereocenters. The van der Waals surface area contributed by atoms with Gasteiger partial charge in [-0.3, -0.25) is 4.90 Å². The number of nitrogens with one attached hydrogen (secondary N) is 1. The molecular formula is C17H22N2O4. The van der Waals surface area contributed by atoms with E-state index in [4.69, 9.17) is 9.47 Å². The Morgan fingerprint density at radius 2 is 2.00 bits per heavy atom. The van der Waals surface area contributed by atoms with E-state index >= 15 is 0 Å². The summed E-state index contributed by atoms with van der Waals surface area (Å²) in [6, 6.07) is 8.63. The summed E-state index contributed by atoms with van der Waals surface area (Å²) in [5.41, 5.74) is 1.89. The maximum Gasteiger partial charge on any atom is 0.338 e. The van der Waals surface area contributed by atoms with Crippen LogP contribution in [-0.4, -0.2) is 43.8 Å². The first-order chi connectivity index (χ1) is 11.1. The minimum Gasteiger partial charge on any atom is -0.463 e. The van der Waals surface area contributed by atoms with Crippen LogP contribution in [0.5, 0.6) is 0 Å². The first-order valence-electron chi connectivity index (χ1n) is 7.60. The van der Waals surface area contributed by atoms with Crippen molar-refractivity contribution in [2.45, 2.75) is 19.9 Å². The molecule has 0 bridgehead atoms. The van der Waals surface area contributed by atoms with Gasteiger partial charge in [0.1, 0.15) is 0 Å². The summed E-state index contributed by atoms with van der Waals surface area (Å²) < 4.78 is 10.2. The monoisotopic (exact) mass is 318 g/mol. The van der Waals surface area contributed by atoms with Crippen molar-refractivity contribution >= 4 is 12.0 Å². The number of hydrogen-bond acceptors (Lipinski definition) is 4. The molecule has 6 nitrogen and oxygen atoms in total. The Balaban J connectivity index is 2.44. The highest BCUT2D eigenvalue weighted by Crippen LogP contribution is 2.31. The highest BCUT2D eigenvalue weighted by Gasteiger charge is 2.36. The fourth-order valence-corrected chi connectivity index (χ4v) is 2.60. The lowest BCUT2D eigenvalue weighted by atomic mass is 9.95. The summed E-state index contributed by atoms with van der Waals surface area (Å²) in [5.74, 6) is -0.415. The van der Waals surface area contributed by atoms with Crippen molar-refractivity contribution < 1.29 is 19.1 Å². The first-order valence-corrected chi connectivity index (χ1v) is 7.60. The van der Waals surface area contributed by atoms with Crippen LogP contribution >= 0.6 is 0 Å². The van der Waals surface area contributed by atoms with E-state index in [-0.39, 0.29) is 12.6 Å². The second-order valence-electron chi connectivity index (χ2n) is 5.16. The van der Waals surface area contributed by atoms with Crippen LogP contribution in [0, 0.1) is 0 Å². The van der Waals surface area contributed by atoms with Gasteiger partial charge in [-0.2, -0.15) is 0 Å². The van der Waals surface area contributed by atoms with Gasteiger partial charge in [0.15, 0.2) is 0 Å². The largest absolute Gasteiger partial charge is 0.463 e. The minimum atomic E-state index is -0.512. The number of urea groups is 1. The zero-order chi connectivity index (χ0) is 16.8. The standard InChI is InChI=1S/C17H22N2O4/c1-4-23-16(20)14-12(2)19(10-11-22-3)17(21)18-15(14)13-8-6-5-7-9-13/h5-9,15H,4,10-11H2,1-3H3,(H,18,21)/t15-/m1/s1. The average molecular weight is 318 g/mol. The van der Waals surface area contributed by atoms with E-state index in [2.05, 4.69) is 5.32 Å². The second-order valence-corrected chi connectivity index (χ2v) is 5.16. The van der Waals surface area contributed by atoms with Gasteiger partial charge in [-0.1, -0.05) is 30.3 Å². The van der Waals surface area contributed by atoms with Gasteiger partial charge in [0, 0.05) is 12.8 Å². The Labute approximate surface area is 136 Å². The normalized spacial score (nSPS) is 18.0. The lowest BCUT2D eigenvalue weighted by Crippen LogP contribution is -2.49. The van der Waals surface area contributed by atoms with Gasteiger partial charge in [0.25, 0.3) is 0 Å². The molecule has 0 fully saturated rings. The first kappa shape index (κ1) is 17.0. The highest BCUT2D eigenvalue weighted by atomic mass is 16.5. The molecule has 0 spiro atoms. The minimum absolute atomic E-state index is 0.249. The van der Waals surface area contributed by atoms with Crippen molar-refractivity contribution in [2.24, 2.45) is 0 Å². The maximum atomic E-state index is 12.4. The molecule has 0 aromatic heterocycles. The summed E-state index contributed by atoms with van der Waals surface area (Å²) in [7, 11) is 1.57. The second kappa shape index (κ2) is 7.78. The number of nitrogens with zero attached hydrogens (tertiary/aromatic N) is 1. The Morgan fingerprint density at radius 3 is 2.61 bits per heavy atom. The molecule has 0 unspecified atom stereocenters. The molecule has 0 saturated heterocycles. The van der Waals surface area contributed by atoms with Crippen LogP contribution in [0.15, 0.2) is 41.6 Å². The number of esters is 1. The summed E-state index contributed by atoms with van der Waals surface area (Å²) >= 11 is 0. The molecule has 1 aliphatic rings. The lowest BCUT2D eigenvalue weighted by Gasteiger charge is -2.35. The molecule has 6 heteroatoms. The number of amides is 2. The molecule has 124 valence electrons. The van der Waals surface area contributed by atoms with Crippen LogP contribution in [0.4, 0.5) is 4.79 Å². The Hall–Kier alpha value is -2.34.